The third kappa shape index (κ3) is 3.84. The number of para-hydroxylation sites is 2. The molecule has 0 saturated carbocycles. The van der Waals surface area contributed by atoms with Gasteiger partial charge in [-0.2, -0.15) is 5.10 Å². The van der Waals surface area contributed by atoms with E-state index in [-0.39, 0.29) is 6.10 Å². The molecule has 3 aromatic rings. The van der Waals surface area contributed by atoms with Gasteiger partial charge < -0.3 is 9.47 Å². The van der Waals surface area contributed by atoms with Crippen LogP contribution in [0, 0.1) is 4.77 Å². The lowest BCUT2D eigenvalue weighted by atomic mass is 10.1. The van der Waals surface area contributed by atoms with E-state index in [1.54, 1.807) is 13.4 Å². The minimum atomic E-state index is -0.0621. The highest BCUT2D eigenvalue weighted by Crippen LogP contribution is 2.28. The summed E-state index contributed by atoms with van der Waals surface area (Å²) in [6, 6.07) is 15.6. The summed E-state index contributed by atoms with van der Waals surface area (Å²) in [7, 11) is 1.65. The summed E-state index contributed by atoms with van der Waals surface area (Å²) in [5.74, 6) is 0.753. The number of halogens is 1. The number of hydrogen-bond acceptors (Lipinski definition) is 5. The van der Waals surface area contributed by atoms with Crippen molar-refractivity contribution in [2.45, 2.75) is 12.8 Å². The first-order valence-electron chi connectivity index (χ1n) is 9.03. The number of methoxy groups -OCH3 is 1. The molecular formula is C20H21ClN4O2S. The van der Waals surface area contributed by atoms with Gasteiger partial charge in [-0.05, 0) is 30.4 Å². The van der Waals surface area contributed by atoms with E-state index >= 15 is 0 Å². The molecule has 4 rings (SSSR count). The number of nitrogens with zero attached hydrogens (tertiary/aromatic N) is 4. The zero-order valence-corrected chi connectivity index (χ0v) is 17.1. The van der Waals surface area contributed by atoms with Gasteiger partial charge in [0.1, 0.15) is 12.1 Å². The topological polar surface area (TPSA) is 44.5 Å². The fourth-order valence-electron chi connectivity index (χ4n) is 3.37. The Morgan fingerprint density at radius 2 is 2.00 bits per heavy atom. The molecule has 6 nitrogen and oxygen atoms in total. The van der Waals surface area contributed by atoms with Gasteiger partial charge in [-0.15, -0.1) is 0 Å². The summed E-state index contributed by atoms with van der Waals surface area (Å²) < 4.78 is 15.7. The average Bonchev–Trinajstić information content (AvgIpc) is 3.08. The molecule has 146 valence electrons. The maximum atomic E-state index is 6.34. The first-order chi connectivity index (χ1) is 13.7. The van der Waals surface area contributed by atoms with Gasteiger partial charge in [0.05, 0.1) is 32.2 Å². The Bertz CT molecular complexity index is 1020. The predicted molar refractivity (Wildman–Crippen MR) is 111 cm³/mol. The first kappa shape index (κ1) is 19.1. The van der Waals surface area contributed by atoms with E-state index in [1.165, 1.54) is 0 Å². The Labute approximate surface area is 173 Å². The van der Waals surface area contributed by atoms with Crippen LogP contribution in [0.2, 0.25) is 5.02 Å². The van der Waals surface area contributed by atoms with Crippen LogP contribution in [0.4, 0.5) is 0 Å². The first-order valence-corrected chi connectivity index (χ1v) is 9.82. The Morgan fingerprint density at radius 3 is 2.82 bits per heavy atom. The molecule has 8 heteroatoms. The number of hydrogen-bond donors (Lipinski definition) is 0. The normalized spacial score (nSPS) is 17.6. The van der Waals surface area contributed by atoms with Gasteiger partial charge in [-0.3, -0.25) is 9.47 Å². The van der Waals surface area contributed by atoms with E-state index in [4.69, 9.17) is 33.3 Å². The van der Waals surface area contributed by atoms with Crippen LogP contribution in [-0.4, -0.2) is 46.1 Å². The summed E-state index contributed by atoms with van der Waals surface area (Å²) >= 11 is 12.0. The molecule has 0 bridgehead atoms. The van der Waals surface area contributed by atoms with Crippen LogP contribution < -0.4 is 4.74 Å². The SMILES string of the molecule is COc1ccccc1-n1cnn(CN2CCOC(c3ccccc3Cl)C2)c1=S. The van der Waals surface area contributed by atoms with Gasteiger partial charge >= 0.3 is 0 Å². The molecular weight excluding hydrogens is 396 g/mol. The van der Waals surface area contributed by atoms with Gasteiger partial charge in [0.2, 0.25) is 4.77 Å². The molecule has 2 heterocycles. The molecule has 1 aliphatic rings. The molecule has 2 aromatic carbocycles. The maximum Gasteiger partial charge on any atom is 0.203 e. The summed E-state index contributed by atoms with van der Waals surface area (Å²) in [5.41, 5.74) is 1.88. The van der Waals surface area contributed by atoms with Crippen molar-refractivity contribution in [3.05, 3.63) is 70.2 Å². The number of ether oxygens (including phenoxy) is 2. The zero-order chi connectivity index (χ0) is 19.5. The molecule has 1 atom stereocenters. The van der Waals surface area contributed by atoms with Gasteiger partial charge in [0, 0.05) is 23.7 Å². The molecule has 0 N–H and O–H groups in total. The summed E-state index contributed by atoms with van der Waals surface area (Å²) in [6.45, 7) is 2.76. The lowest BCUT2D eigenvalue weighted by Crippen LogP contribution is -2.39. The van der Waals surface area contributed by atoms with Crippen molar-refractivity contribution < 1.29 is 9.47 Å². The highest BCUT2D eigenvalue weighted by atomic mass is 35.5. The number of benzene rings is 2. The van der Waals surface area contributed by atoms with E-state index in [1.807, 2.05) is 57.8 Å². The molecule has 1 aromatic heterocycles. The molecule has 1 aliphatic heterocycles. The zero-order valence-electron chi connectivity index (χ0n) is 15.5. The van der Waals surface area contributed by atoms with Crippen LogP contribution in [0.5, 0.6) is 5.75 Å². The smallest absolute Gasteiger partial charge is 0.203 e. The lowest BCUT2D eigenvalue weighted by molar-refractivity contribution is -0.0418. The van der Waals surface area contributed by atoms with Crippen molar-refractivity contribution >= 4 is 23.8 Å². The van der Waals surface area contributed by atoms with E-state index in [0.29, 0.717) is 18.0 Å². The van der Waals surface area contributed by atoms with Gasteiger partial charge in [-0.1, -0.05) is 41.9 Å². The summed E-state index contributed by atoms with van der Waals surface area (Å²) in [6.07, 6.45) is 1.67. The number of morpholine rings is 1. The van der Waals surface area contributed by atoms with Crippen LogP contribution in [0.3, 0.4) is 0 Å². The molecule has 1 saturated heterocycles. The summed E-state index contributed by atoms with van der Waals surface area (Å²) in [4.78, 5) is 2.27. The molecule has 1 fully saturated rings. The molecule has 1 unspecified atom stereocenters. The Kier molecular flexibility index (Phi) is 5.77. The second kappa shape index (κ2) is 8.45. The van der Waals surface area contributed by atoms with Crippen molar-refractivity contribution in [1.82, 2.24) is 19.2 Å². The number of aromatic nitrogens is 3. The highest BCUT2D eigenvalue weighted by Gasteiger charge is 2.24. The largest absolute Gasteiger partial charge is 0.495 e. The fourth-order valence-corrected chi connectivity index (χ4v) is 3.88. The highest BCUT2D eigenvalue weighted by molar-refractivity contribution is 7.71. The molecule has 0 spiro atoms. The number of rotatable bonds is 5. The van der Waals surface area contributed by atoms with E-state index in [9.17, 15) is 0 Å². The fraction of sp³-hybridized carbons (Fsp3) is 0.300. The van der Waals surface area contributed by atoms with E-state index in [0.717, 1.165) is 35.1 Å². The predicted octanol–water partition coefficient (Wildman–Crippen LogP) is 4.10. The van der Waals surface area contributed by atoms with Crippen LogP contribution >= 0.6 is 23.8 Å². The van der Waals surface area contributed by atoms with Crippen LogP contribution in [0.15, 0.2) is 54.9 Å². The van der Waals surface area contributed by atoms with Crippen LogP contribution in [-0.2, 0) is 11.4 Å². The second-order valence-electron chi connectivity index (χ2n) is 6.55. The molecule has 28 heavy (non-hydrogen) atoms. The van der Waals surface area contributed by atoms with E-state index < -0.39 is 0 Å². The average molecular weight is 417 g/mol. The van der Waals surface area contributed by atoms with E-state index in [2.05, 4.69) is 10.00 Å². The molecule has 0 radical (unpaired) electrons. The van der Waals surface area contributed by atoms with Crippen LogP contribution in [0.1, 0.15) is 11.7 Å². The van der Waals surface area contributed by atoms with Crippen molar-refractivity contribution in [3.8, 4) is 11.4 Å². The van der Waals surface area contributed by atoms with Crippen molar-refractivity contribution in [2.75, 3.05) is 26.8 Å². The lowest BCUT2D eigenvalue weighted by Gasteiger charge is -2.33. The standard InChI is InChI=1S/C20H21ClN4O2S/c1-26-18-9-5-4-8-17(18)24-13-22-25(20(24)28)14-23-10-11-27-19(12-23)15-6-2-3-7-16(15)21/h2-9,13,19H,10-12,14H2,1H3. The quantitative estimate of drug-likeness (QED) is 0.586. The minimum absolute atomic E-state index is 0.0621. The second-order valence-corrected chi connectivity index (χ2v) is 7.33. The van der Waals surface area contributed by atoms with Crippen molar-refractivity contribution in [1.29, 1.82) is 0 Å². The Balaban J connectivity index is 1.53. The van der Waals surface area contributed by atoms with Crippen LogP contribution in [0.25, 0.3) is 5.69 Å². The third-order valence-electron chi connectivity index (χ3n) is 4.81. The maximum absolute atomic E-state index is 6.34. The monoisotopic (exact) mass is 416 g/mol. The minimum Gasteiger partial charge on any atom is -0.495 e. The van der Waals surface area contributed by atoms with Gasteiger partial charge in [0.25, 0.3) is 0 Å². The van der Waals surface area contributed by atoms with Crippen molar-refractivity contribution in [3.63, 3.8) is 0 Å². The van der Waals surface area contributed by atoms with Gasteiger partial charge in [0.15, 0.2) is 0 Å². The van der Waals surface area contributed by atoms with Gasteiger partial charge in [-0.25, -0.2) is 4.68 Å². The Morgan fingerprint density at radius 1 is 1.21 bits per heavy atom. The third-order valence-corrected chi connectivity index (χ3v) is 5.57. The Hall–Kier alpha value is -2.19. The molecule has 0 aliphatic carbocycles. The summed E-state index contributed by atoms with van der Waals surface area (Å²) in [5, 5.41) is 5.22. The molecule has 0 amide bonds. The van der Waals surface area contributed by atoms with Crippen molar-refractivity contribution in [2.24, 2.45) is 0 Å².